The van der Waals surface area contributed by atoms with Gasteiger partial charge in [-0.05, 0) is 51.1 Å². The molecule has 0 aliphatic heterocycles. The predicted octanol–water partition coefficient (Wildman–Crippen LogP) is 3.61. The van der Waals surface area contributed by atoms with Gasteiger partial charge in [0.25, 0.3) is 0 Å². The normalized spacial score (nSPS) is 12.2. The number of hydrogen-bond donors (Lipinski definition) is 1. The molecule has 2 rings (SSSR count). The highest BCUT2D eigenvalue weighted by Gasteiger charge is 2.15. The summed E-state index contributed by atoms with van der Waals surface area (Å²) in [5.74, 6) is -0.334. The Morgan fingerprint density at radius 1 is 1.29 bits per heavy atom. The van der Waals surface area contributed by atoms with Crippen LogP contribution in [-0.4, -0.2) is 16.6 Å². The van der Waals surface area contributed by atoms with Crippen LogP contribution in [0.4, 0.5) is 10.1 Å². The molecule has 1 aromatic carbocycles. The van der Waals surface area contributed by atoms with Gasteiger partial charge in [-0.3, -0.25) is 4.98 Å². The van der Waals surface area contributed by atoms with Crippen LogP contribution < -0.4 is 4.90 Å². The number of rotatable bonds is 5. The number of benzene rings is 1. The summed E-state index contributed by atoms with van der Waals surface area (Å²) in [6.45, 7) is 7.02. The molecule has 1 aromatic heterocycles. The first-order valence-electron chi connectivity index (χ1n) is 7.16. The molecule has 0 spiro atoms. The first-order valence-corrected chi connectivity index (χ1v) is 7.16. The Morgan fingerprint density at radius 3 is 2.67 bits per heavy atom. The van der Waals surface area contributed by atoms with E-state index in [1.165, 1.54) is 12.1 Å². The molecule has 21 heavy (non-hydrogen) atoms. The third kappa shape index (κ3) is 3.79. The third-order valence-electron chi connectivity index (χ3n) is 3.46. The molecule has 0 amide bonds. The van der Waals surface area contributed by atoms with Crippen molar-refractivity contribution in [2.24, 2.45) is 0 Å². The Hall–Kier alpha value is -1.94. The monoisotopic (exact) mass is 288 g/mol. The fraction of sp³-hybridized carbons (Fsp3) is 0.353. The molecule has 0 saturated heterocycles. The molecular weight excluding hydrogens is 267 g/mol. The van der Waals surface area contributed by atoms with Gasteiger partial charge < -0.3 is 10.0 Å². The zero-order chi connectivity index (χ0) is 15.4. The summed E-state index contributed by atoms with van der Waals surface area (Å²) in [6, 6.07) is 10.4. The lowest BCUT2D eigenvalue weighted by Crippen LogP contribution is -2.24. The molecule has 0 radical (unpaired) electrons. The van der Waals surface area contributed by atoms with E-state index in [-0.39, 0.29) is 5.82 Å². The van der Waals surface area contributed by atoms with Gasteiger partial charge in [-0.15, -0.1) is 0 Å². The second-order valence-corrected chi connectivity index (χ2v) is 5.16. The molecule has 1 heterocycles. The second-order valence-electron chi connectivity index (χ2n) is 5.16. The van der Waals surface area contributed by atoms with E-state index >= 15 is 0 Å². The highest BCUT2D eigenvalue weighted by molar-refractivity contribution is 5.55. The minimum atomic E-state index is -0.713. The van der Waals surface area contributed by atoms with Gasteiger partial charge in [0.05, 0.1) is 18.3 Å². The van der Waals surface area contributed by atoms with Crippen molar-refractivity contribution >= 4 is 5.69 Å². The Morgan fingerprint density at radius 2 is 2.05 bits per heavy atom. The van der Waals surface area contributed by atoms with Crippen LogP contribution in [0, 0.1) is 12.7 Å². The van der Waals surface area contributed by atoms with E-state index in [2.05, 4.69) is 9.88 Å². The molecule has 0 bridgehead atoms. The van der Waals surface area contributed by atoms with Crippen molar-refractivity contribution in [3.8, 4) is 0 Å². The van der Waals surface area contributed by atoms with Crippen LogP contribution in [0.5, 0.6) is 0 Å². The summed E-state index contributed by atoms with van der Waals surface area (Å²) in [6.07, 6.45) is -0.713. The van der Waals surface area contributed by atoms with Gasteiger partial charge in [0.1, 0.15) is 5.82 Å². The molecule has 0 aliphatic carbocycles. The van der Waals surface area contributed by atoms with E-state index in [1.54, 1.807) is 13.0 Å². The summed E-state index contributed by atoms with van der Waals surface area (Å²) in [5, 5.41) is 9.87. The van der Waals surface area contributed by atoms with E-state index in [4.69, 9.17) is 0 Å². The summed E-state index contributed by atoms with van der Waals surface area (Å²) in [5.41, 5.74) is 3.37. The average molecular weight is 288 g/mol. The summed E-state index contributed by atoms with van der Waals surface area (Å²) in [7, 11) is 0. The van der Waals surface area contributed by atoms with Crippen molar-refractivity contribution in [2.45, 2.75) is 33.4 Å². The number of anilines is 1. The smallest absolute Gasteiger partial charge is 0.123 e. The molecule has 0 fully saturated rings. The van der Waals surface area contributed by atoms with Gasteiger partial charge in [-0.1, -0.05) is 6.07 Å². The van der Waals surface area contributed by atoms with Crippen LogP contribution in [0.15, 0.2) is 36.4 Å². The number of aryl methyl sites for hydroxylation is 1. The average Bonchev–Trinajstić information content (AvgIpc) is 2.45. The SMILES string of the molecule is CCN(Cc1cccc(C)n1)c1ccc(F)cc1[C@H](C)O. The first kappa shape index (κ1) is 15.4. The summed E-state index contributed by atoms with van der Waals surface area (Å²) in [4.78, 5) is 6.59. The lowest BCUT2D eigenvalue weighted by Gasteiger charge is -2.26. The zero-order valence-electron chi connectivity index (χ0n) is 12.7. The molecular formula is C17H21FN2O. The topological polar surface area (TPSA) is 36.4 Å². The molecule has 4 heteroatoms. The van der Waals surface area contributed by atoms with Crippen molar-refractivity contribution in [1.82, 2.24) is 4.98 Å². The van der Waals surface area contributed by atoms with Crippen LogP contribution in [0.3, 0.4) is 0 Å². The van der Waals surface area contributed by atoms with Gasteiger partial charge >= 0.3 is 0 Å². The van der Waals surface area contributed by atoms with Crippen LogP contribution in [-0.2, 0) is 6.54 Å². The van der Waals surface area contributed by atoms with Crippen molar-refractivity contribution in [3.63, 3.8) is 0 Å². The number of aliphatic hydroxyl groups excluding tert-OH is 1. The maximum Gasteiger partial charge on any atom is 0.123 e. The van der Waals surface area contributed by atoms with E-state index in [0.29, 0.717) is 12.1 Å². The van der Waals surface area contributed by atoms with E-state index in [9.17, 15) is 9.50 Å². The van der Waals surface area contributed by atoms with Crippen molar-refractivity contribution in [3.05, 3.63) is 59.2 Å². The second kappa shape index (κ2) is 6.68. The fourth-order valence-electron chi connectivity index (χ4n) is 2.40. The molecule has 3 nitrogen and oxygen atoms in total. The highest BCUT2D eigenvalue weighted by Crippen LogP contribution is 2.28. The molecule has 112 valence electrons. The first-order chi connectivity index (χ1) is 10.0. The quantitative estimate of drug-likeness (QED) is 0.913. The number of nitrogens with zero attached hydrogens (tertiary/aromatic N) is 2. The number of hydrogen-bond acceptors (Lipinski definition) is 3. The van der Waals surface area contributed by atoms with E-state index in [0.717, 1.165) is 23.6 Å². The number of pyridine rings is 1. The maximum absolute atomic E-state index is 13.4. The van der Waals surface area contributed by atoms with Gasteiger partial charge in [0.15, 0.2) is 0 Å². The van der Waals surface area contributed by atoms with E-state index in [1.807, 2.05) is 32.0 Å². The number of aromatic nitrogens is 1. The summed E-state index contributed by atoms with van der Waals surface area (Å²) >= 11 is 0. The molecule has 0 unspecified atom stereocenters. The Labute approximate surface area is 125 Å². The van der Waals surface area contributed by atoms with Gasteiger partial charge in [-0.2, -0.15) is 0 Å². The number of aliphatic hydroxyl groups is 1. The zero-order valence-corrected chi connectivity index (χ0v) is 12.7. The van der Waals surface area contributed by atoms with Gasteiger partial charge in [-0.25, -0.2) is 4.39 Å². The van der Waals surface area contributed by atoms with Gasteiger partial charge in [0.2, 0.25) is 0 Å². The maximum atomic E-state index is 13.4. The van der Waals surface area contributed by atoms with Crippen LogP contribution in [0.2, 0.25) is 0 Å². The van der Waals surface area contributed by atoms with E-state index < -0.39 is 6.10 Å². The van der Waals surface area contributed by atoms with Gasteiger partial charge in [0, 0.05) is 23.5 Å². The van der Waals surface area contributed by atoms with Crippen molar-refractivity contribution in [2.75, 3.05) is 11.4 Å². The minimum absolute atomic E-state index is 0.334. The summed E-state index contributed by atoms with van der Waals surface area (Å²) < 4.78 is 13.4. The number of halogens is 1. The third-order valence-corrected chi connectivity index (χ3v) is 3.46. The highest BCUT2D eigenvalue weighted by atomic mass is 19.1. The lowest BCUT2D eigenvalue weighted by molar-refractivity contribution is 0.199. The standard InChI is InChI=1S/C17H21FN2O/c1-4-20(11-15-7-5-6-12(2)19-15)17-9-8-14(18)10-16(17)13(3)21/h5-10,13,21H,4,11H2,1-3H3/t13-/m0/s1. The van der Waals surface area contributed by atoms with Crippen LogP contribution in [0.25, 0.3) is 0 Å². The molecule has 1 N–H and O–H groups in total. The minimum Gasteiger partial charge on any atom is -0.389 e. The Balaban J connectivity index is 2.33. The fourth-order valence-corrected chi connectivity index (χ4v) is 2.40. The molecule has 0 saturated carbocycles. The predicted molar refractivity (Wildman–Crippen MR) is 82.7 cm³/mol. The van der Waals surface area contributed by atoms with Crippen LogP contribution in [0.1, 0.15) is 36.9 Å². The van der Waals surface area contributed by atoms with Crippen molar-refractivity contribution in [1.29, 1.82) is 0 Å². The Bertz CT molecular complexity index is 613. The van der Waals surface area contributed by atoms with Crippen LogP contribution >= 0.6 is 0 Å². The largest absolute Gasteiger partial charge is 0.389 e. The Kier molecular flexibility index (Phi) is 4.91. The van der Waals surface area contributed by atoms with Crippen molar-refractivity contribution < 1.29 is 9.50 Å². The molecule has 0 aliphatic rings. The lowest BCUT2D eigenvalue weighted by atomic mass is 10.1. The molecule has 2 aromatic rings. The molecule has 1 atom stereocenters.